The van der Waals surface area contributed by atoms with E-state index in [0.29, 0.717) is 17.9 Å². The van der Waals surface area contributed by atoms with Crippen LogP contribution in [0.5, 0.6) is 0 Å². The zero-order valence-corrected chi connectivity index (χ0v) is 12.5. The van der Waals surface area contributed by atoms with Crippen LogP contribution in [0.25, 0.3) is 0 Å². The first kappa shape index (κ1) is 13.6. The zero-order chi connectivity index (χ0) is 14.2. The molecule has 20 heavy (non-hydrogen) atoms. The molecule has 0 bridgehead atoms. The molecular formula is C17H24N2O. The molecule has 0 radical (unpaired) electrons. The number of hydrogen-bond donors (Lipinski definition) is 2. The molecule has 1 aliphatic carbocycles. The van der Waals surface area contributed by atoms with Gasteiger partial charge in [0.05, 0.1) is 6.42 Å². The smallest absolute Gasteiger partial charge is 0.228 e. The van der Waals surface area contributed by atoms with Gasteiger partial charge in [0, 0.05) is 11.7 Å². The lowest BCUT2D eigenvalue weighted by Gasteiger charge is -2.41. The Bertz CT molecular complexity index is 518. The van der Waals surface area contributed by atoms with E-state index in [1.165, 1.54) is 37.7 Å². The molecule has 3 rings (SSSR count). The summed E-state index contributed by atoms with van der Waals surface area (Å²) in [7, 11) is 2.06. The fraction of sp³-hybridized carbons (Fsp3) is 0.588. The Hall–Kier alpha value is -1.35. The average molecular weight is 272 g/mol. The Kier molecular flexibility index (Phi) is 3.55. The van der Waals surface area contributed by atoms with Gasteiger partial charge in [-0.15, -0.1) is 0 Å². The van der Waals surface area contributed by atoms with E-state index in [-0.39, 0.29) is 5.91 Å². The molecule has 1 amide bonds. The molecule has 1 aromatic carbocycles. The summed E-state index contributed by atoms with van der Waals surface area (Å²) in [6, 6.07) is 6.83. The normalized spacial score (nSPS) is 22.2. The van der Waals surface area contributed by atoms with Crippen molar-refractivity contribution >= 4 is 11.6 Å². The van der Waals surface area contributed by atoms with Crippen molar-refractivity contribution in [1.29, 1.82) is 0 Å². The zero-order valence-electron chi connectivity index (χ0n) is 12.5. The lowest BCUT2D eigenvalue weighted by Crippen LogP contribution is -2.36. The van der Waals surface area contributed by atoms with Gasteiger partial charge in [-0.2, -0.15) is 0 Å². The quantitative estimate of drug-likeness (QED) is 0.885. The maximum absolute atomic E-state index is 11.5. The second-order valence-electron chi connectivity index (χ2n) is 6.58. The molecule has 1 fully saturated rings. The van der Waals surface area contributed by atoms with Crippen molar-refractivity contribution in [3.8, 4) is 0 Å². The van der Waals surface area contributed by atoms with E-state index < -0.39 is 0 Å². The molecule has 0 aromatic heterocycles. The molecule has 2 aliphatic rings. The summed E-state index contributed by atoms with van der Waals surface area (Å²) in [5.41, 5.74) is 3.79. The molecule has 2 N–H and O–H groups in total. The minimum atomic E-state index is 0.113. The number of nitrogens with one attached hydrogen (secondary N) is 2. The average Bonchev–Trinajstić information content (AvgIpc) is 2.79. The molecule has 1 unspecified atom stereocenters. The van der Waals surface area contributed by atoms with Crippen LogP contribution in [0.1, 0.15) is 56.2 Å². The third-order valence-corrected chi connectivity index (χ3v) is 5.07. The molecule has 1 aromatic rings. The van der Waals surface area contributed by atoms with E-state index in [1.54, 1.807) is 0 Å². The minimum Gasteiger partial charge on any atom is -0.326 e. The third-order valence-electron chi connectivity index (χ3n) is 5.07. The molecule has 1 heterocycles. The lowest BCUT2D eigenvalue weighted by atomic mass is 9.68. The molecule has 1 atom stereocenters. The molecular weight excluding hydrogens is 248 g/mol. The first-order chi connectivity index (χ1) is 9.62. The molecule has 0 saturated heterocycles. The second-order valence-corrected chi connectivity index (χ2v) is 6.58. The molecule has 3 heteroatoms. The maximum atomic E-state index is 11.5. The summed E-state index contributed by atoms with van der Waals surface area (Å²) in [5.74, 6) is 0.113. The number of fused-ring (bicyclic) bond motifs is 1. The number of benzene rings is 1. The second kappa shape index (κ2) is 5.21. The predicted octanol–water partition coefficient (Wildman–Crippen LogP) is 3.41. The number of hydrogen-bond acceptors (Lipinski definition) is 2. The standard InChI is InChI=1S/C17H24N2O/c1-17(8-4-3-5-9-17)16(18-2)12-6-7-14-13(10-12)11-15(20)19-14/h6-7,10,16,18H,3-5,8-9,11H2,1-2H3,(H,19,20). The monoisotopic (exact) mass is 272 g/mol. The summed E-state index contributed by atoms with van der Waals surface area (Å²) >= 11 is 0. The predicted molar refractivity (Wildman–Crippen MR) is 81.8 cm³/mol. The largest absolute Gasteiger partial charge is 0.326 e. The van der Waals surface area contributed by atoms with Crippen molar-refractivity contribution in [1.82, 2.24) is 5.32 Å². The highest BCUT2D eigenvalue weighted by atomic mass is 16.1. The first-order valence-electron chi connectivity index (χ1n) is 7.72. The van der Waals surface area contributed by atoms with Gasteiger partial charge in [-0.25, -0.2) is 0 Å². The van der Waals surface area contributed by atoms with Crippen molar-refractivity contribution < 1.29 is 4.79 Å². The van der Waals surface area contributed by atoms with E-state index in [2.05, 4.69) is 42.8 Å². The van der Waals surface area contributed by atoms with E-state index >= 15 is 0 Å². The van der Waals surface area contributed by atoms with Crippen LogP contribution < -0.4 is 10.6 Å². The van der Waals surface area contributed by atoms with Gasteiger partial charge in [-0.05, 0) is 42.5 Å². The van der Waals surface area contributed by atoms with Gasteiger partial charge in [0.25, 0.3) is 0 Å². The highest BCUT2D eigenvalue weighted by Gasteiger charge is 2.36. The Labute approximate surface area is 121 Å². The van der Waals surface area contributed by atoms with E-state index in [9.17, 15) is 4.79 Å². The first-order valence-corrected chi connectivity index (χ1v) is 7.72. The highest BCUT2D eigenvalue weighted by Crippen LogP contribution is 2.46. The number of anilines is 1. The molecule has 108 valence electrons. The Balaban J connectivity index is 1.90. The Morgan fingerprint density at radius 1 is 1.25 bits per heavy atom. The van der Waals surface area contributed by atoms with E-state index in [0.717, 1.165) is 11.3 Å². The van der Waals surface area contributed by atoms with Crippen LogP contribution in [0.4, 0.5) is 5.69 Å². The van der Waals surface area contributed by atoms with Crippen molar-refractivity contribution in [2.24, 2.45) is 5.41 Å². The summed E-state index contributed by atoms with van der Waals surface area (Å²) in [6.07, 6.45) is 7.13. The Morgan fingerprint density at radius 2 is 2.00 bits per heavy atom. The lowest BCUT2D eigenvalue weighted by molar-refractivity contribution is -0.115. The SMILES string of the molecule is CNC(c1ccc2c(c1)CC(=O)N2)C1(C)CCCCC1. The summed E-state index contributed by atoms with van der Waals surface area (Å²) in [4.78, 5) is 11.5. The van der Waals surface area contributed by atoms with Crippen LogP contribution >= 0.6 is 0 Å². The van der Waals surface area contributed by atoms with E-state index in [1.807, 2.05) is 0 Å². The summed E-state index contributed by atoms with van der Waals surface area (Å²) in [5, 5.41) is 6.44. The number of carbonyl (C=O) groups excluding carboxylic acids is 1. The van der Waals surface area contributed by atoms with Crippen LogP contribution in [0.3, 0.4) is 0 Å². The van der Waals surface area contributed by atoms with Gasteiger partial charge in [0.15, 0.2) is 0 Å². The van der Waals surface area contributed by atoms with Gasteiger partial charge < -0.3 is 10.6 Å². The molecule has 3 nitrogen and oxygen atoms in total. The van der Waals surface area contributed by atoms with Crippen molar-refractivity contribution in [2.75, 3.05) is 12.4 Å². The van der Waals surface area contributed by atoms with Gasteiger partial charge in [-0.1, -0.05) is 38.3 Å². The highest BCUT2D eigenvalue weighted by molar-refractivity contribution is 5.99. The van der Waals surface area contributed by atoms with Crippen LogP contribution in [0.2, 0.25) is 0 Å². The van der Waals surface area contributed by atoms with Crippen LogP contribution in [-0.2, 0) is 11.2 Å². The molecule has 1 saturated carbocycles. The van der Waals surface area contributed by atoms with Crippen molar-refractivity contribution in [3.63, 3.8) is 0 Å². The van der Waals surface area contributed by atoms with Gasteiger partial charge in [0.1, 0.15) is 0 Å². The minimum absolute atomic E-state index is 0.113. The number of amides is 1. The van der Waals surface area contributed by atoms with Gasteiger partial charge in [0.2, 0.25) is 5.91 Å². The van der Waals surface area contributed by atoms with Gasteiger partial charge >= 0.3 is 0 Å². The summed E-state index contributed by atoms with van der Waals surface area (Å²) < 4.78 is 0. The van der Waals surface area contributed by atoms with Crippen molar-refractivity contribution in [2.45, 2.75) is 51.5 Å². The number of carbonyl (C=O) groups is 1. The van der Waals surface area contributed by atoms with E-state index in [4.69, 9.17) is 0 Å². The maximum Gasteiger partial charge on any atom is 0.228 e. The molecule has 0 spiro atoms. The van der Waals surface area contributed by atoms with Crippen LogP contribution in [0.15, 0.2) is 18.2 Å². The summed E-state index contributed by atoms with van der Waals surface area (Å²) in [6.45, 7) is 2.41. The fourth-order valence-corrected chi connectivity index (χ4v) is 3.99. The Morgan fingerprint density at radius 3 is 2.70 bits per heavy atom. The van der Waals surface area contributed by atoms with Crippen molar-refractivity contribution in [3.05, 3.63) is 29.3 Å². The third kappa shape index (κ3) is 2.35. The fourth-order valence-electron chi connectivity index (χ4n) is 3.99. The van der Waals surface area contributed by atoms with Crippen LogP contribution in [-0.4, -0.2) is 13.0 Å². The molecule has 1 aliphatic heterocycles. The number of rotatable bonds is 3. The van der Waals surface area contributed by atoms with Crippen LogP contribution in [0, 0.1) is 5.41 Å². The topological polar surface area (TPSA) is 41.1 Å². The van der Waals surface area contributed by atoms with Gasteiger partial charge in [-0.3, -0.25) is 4.79 Å².